The van der Waals surface area contributed by atoms with Crippen LogP contribution in [0.2, 0.25) is 0 Å². The summed E-state index contributed by atoms with van der Waals surface area (Å²) >= 11 is -0.0922. The molecule has 1 aliphatic heterocycles. The fourth-order valence-corrected chi connectivity index (χ4v) is 2.92. The molecule has 1 aromatic carbocycles. The second-order valence-electron chi connectivity index (χ2n) is 4.87. The van der Waals surface area contributed by atoms with Crippen molar-refractivity contribution in [1.29, 1.82) is 5.26 Å². The average Bonchev–Trinajstić information content (AvgIpc) is 2.45. The van der Waals surface area contributed by atoms with Crippen LogP contribution in [-0.4, -0.2) is 42.6 Å². The van der Waals surface area contributed by atoms with Crippen LogP contribution in [0.15, 0.2) is 29.2 Å². The van der Waals surface area contributed by atoms with E-state index in [9.17, 15) is 13.2 Å². The first-order chi connectivity index (χ1) is 9.89. The van der Waals surface area contributed by atoms with E-state index in [-0.39, 0.29) is 22.7 Å². The van der Waals surface area contributed by atoms with Gasteiger partial charge in [0.05, 0.1) is 12.1 Å². The van der Waals surface area contributed by atoms with Gasteiger partial charge in [-0.25, -0.2) is 0 Å². The fourth-order valence-electron chi connectivity index (χ4n) is 2.33. The van der Waals surface area contributed by atoms with Crippen molar-refractivity contribution in [3.05, 3.63) is 24.3 Å². The molecule has 0 spiro atoms. The van der Waals surface area contributed by atoms with Crippen LogP contribution >= 0.6 is 11.8 Å². The van der Waals surface area contributed by atoms with Crippen LogP contribution in [-0.2, 0) is 0 Å². The third kappa shape index (κ3) is 4.55. The predicted octanol–water partition coefficient (Wildman–Crippen LogP) is 3.33. The molecule has 0 amide bonds. The Morgan fingerprint density at radius 2 is 1.90 bits per heavy atom. The van der Waals surface area contributed by atoms with Crippen molar-refractivity contribution in [1.82, 2.24) is 4.90 Å². The van der Waals surface area contributed by atoms with Gasteiger partial charge in [0.2, 0.25) is 0 Å². The number of hydrogen-bond acceptors (Lipinski definition) is 4. The Balaban J connectivity index is 2.01. The summed E-state index contributed by atoms with van der Waals surface area (Å²) in [5, 5.41) is 8.90. The minimum Gasteiger partial charge on any atom is -0.369 e. The highest BCUT2D eigenvalue weighted by Crippen LogP contribution is 2.38. The van der Waals surface area contributed by atoms with E-state index in [4.69, 9.17) is 5.26 Å². The highest BCUT2D eigenvalue weighted by molar-refractivity contribution is 8.00. The summed E-state index contributed by atoms with van der Waals surface area (Å²) in [7, 11) is 0. The zero-order valence-electron chi connectivity index (χ0n) is 11.6. The number of benzene rings is 1. The summed E-state index contributed by atoms with van der Waals surface area (Å²) in [6.07, 6.45) is 0. The molecule has 0 N–H and O–H groups in total. The number of piperazine rings is 1. The van der Waals surface area contributed by atoms with E-state index >= 15 is 0 Å². The van der Waals surface area contributed by atoms with Gasteiger partial charge >= 0.3 is 5.51 Å². The lowest BCUT2D eigenvalue weighted by Crippen LogP contribution is -2.49. The standard InChI is InChI=1S/C14H16F3N3S/c1-11(10-18)19-5-7-20(8-6-19)12-3-2-4-13(9-12)21-14(15,16)17/h2-4,9,11H,5-8H2,1H3. The Morgan fingerprint density at radius 1 is 1.24 bits per heavy atom. The van der Waals surface area contributed by atoms with Crippen molar-refractivity contribution in [2.24, 2.45) is 0 Å². The van der Waals surface area contributed by atoms with E-state index in [2.05, 4.69) is 15.9 Å². The third-order valence-corrected chi connectivity index (χ3v) is 4.19. The fraction of sp³-hybridized carbons (Fsp3) is 0.500. The predicted molar refractivity (Wildman–Crippen MR) is 77.2 cm³/mol. The second-order valence-corrected chi connectivity index (χ2v) is 6.01. The van der Waals surface area contributed by atoms with Crippen molar-refractivity contribution in [2.45, 2.75) is 23.4 Å². The van der Waals surface area contributed by atoms with E-state index in [1.165, 1.54) is 6.07 Å². The largest absolute Gasteiger partial charge is 0.446 e. The van der Waals surface area contributed by atoms with Gasteiger partial charge in [0.1, 0.15) is 0 Å². The first kappa shape index (κ1) is 16.0. The van der Waals surface area contributed by atoms with Gasteiger partial charge in [-0.05, 0) is 36.9 Å². The second kappa shape index (κ2) is 6.58. The number of rotatable bonds is 3. The van der Waals surface area contributed by atoms with Crippen molar-refractivity contribution in [2.75, 3.05) is 31.1 Å². The van der Waals surface area contributed by atoms with E-state index < -0.39 is 5.51 Å². The zero-order chi connectivity index (χ0) is 15.5. The molecule has 0 radical (unpaired) electrons. The van der Waals surface area contributed by atoms with Gasteiger partial charge in [0.15, 0.2) is 0 Å². The van der Waals surface area contributed by atoms with Gasteiger partial charge in [-0.2, -0.15) is 18.4 Å². The maximum atomic E-state index is 12.4. The van der Waals surface area contributed by atoms with E-state index in [0.29, 0.717) is 13.1 Å². The van der Waals surface area contributed by atoms with E-state index in [1.54, 1.807) is 12.1 Å². The summed E-state index contributed by atoms with van der Waals surface area (Å²) in [5.74, 6) is 0. The summed E-state index contributed by atoms with van der Waals surface area (Å²) < 4.78 is 37.2. The average molecular weight is 315 g/mol. The van der Waals surface area contributed by atoms with Gasteiger partial charge in [-0.1, -0.05) is 6.07 Å². The van der Waals surface area contributed by atoms with Gasteiger partial charge in [0.25, 0.3) is 0 Å². The van der Waals surface area contributed by atoms with Crippen molar-refractivity contribution in [3.63, 3.8) is 0 Å². The monoisotopic (exact) mass is 315 g/mol. The Kier molecular flexibility index (Phi) is 5.01. The van der Waals surface area contributed by atoms with Crippen LogP contribution in [0.3, 0.4) is 0 Å². The SMILES string of the molecule is CC(C#N)N1CCN(c2cccc(SC(F)(F)F)c2)CC1. The van der Waals surface area contributed by atoms with Crippen LogP contribution < -0.4 is 4.90 Å². The Labute approximate surface area is 126 Å². The molecule has 1 heterocycles. The lowest BCUT2D eigenvalue weighted by Gasteiger charge is -2.37. The minimum atomic E-state index is -4.26. The molecular weight excluding hydrogens is 299 g/mol. The summed E-state index contributed by atoms with van der Waals surface area (Å²) in [4.78, 5) is 4.33. The number of hydrogen-bond donors (Lipinski definition) is 0. The molecule has 0 aliphatic carbocycles. The van der Waals surface area contributed by atoms with E-state index in [1.807, 2.05) is 13.0 Å². The summed E-state index contributed by atoms with van der Waals surface area (Å²) in [6.45, 7) is 4.77. The van der Waals surface area contributed by atoms with Crippen molar-refractivity contribution < 1.29 is 13.2 Å². The van der Waals surface area contributed by atoms with Gasteiger partial charge in [0, 0.05) is 36.8 Å². The maximum absolute atomic E-state index is 12.4. The quantitative estimate of drug-likeness (QED) is 0.801. The molecule has 21 heavy (non-hydrogen) atoms. The van der Waals surface area contributed by atoms with Gasteiger partial charge in [-0.15, -0.1) is 0 Å². The van der Waals surface area contributed by atoms with Crippen LogP contribution in [0.1, 0.15) is 6.92 Å². The van der Waals surface area contributed by atoms with Crippen LogP contribution in [0.4, 0.5) is 18.9 Å². The normalized spacial score (nSPS) is 18.3. The van der Waals surface area contributed by atoms with E-state index in [0.717, 1.165) is 18.8 Å². The molecule has 0 bridgehead atoms. The molecule has 1 saturated heterocycles. The molecule has 1 aromatic rings. The molecule has 2 rings (SSSR count). The first-order valence-corrected chi connectivity index (χ1v) is 7.45. The number of nitrogens with zero attached hydrogens (tertiary/aromatic N) is 3. The van der Waals surface area contributed by atoms with Crippen molar-refractivity contribution in [3.8, 4) is 6.07 Å². The Bertz CT molecular complexity index is 519. The molecule has 0 aromatic heterocycles. The molecular formula is C14H16F3N3S. The van der Waals surface area contributed by atoms with Gasteiger partial charge in [-0.3, -0.25) is 4.90 Å². The molecule has 3 nitrogen and oxygen atoms in total. The number of thioether (sulfide) groups is 1. The Morgan fingerprint density at radius 3 is 2.48 bits per heavy atom. The highest BCUT2D eigenvalue weighted by Gasteiger charge is 2.29. The smallest absolute Gasteiger partial charge is 0.369 e. The molecule has 1 atom stereocenters. The molecule has 0 saturated carbocycles. The summed E-state index contributed by atoms with van der Waals surface area (Å²) in [5.41, 5.74) is -3.46. The maximum Gasteiger partial charge on any atom is 0.446 e. The molecule has 1 fully saturated rings. The highest BCUT2D eigenvalue weighted by atomic mass is 32.2. The van der Waals surface area contributed by atoms with Gasteiger partial charge < -0.3 is 4.90 Å². The topological polar surface area (TPSA) is 30.3 Å². The Hall–Kier alpha value is -1.39. The summed E-state index contributed by atoms with van der Waals surface area (Å²) in [6, 6.07) is 8.59. The van der Waals surface area contributed by atoms with Crippen molar-refractivity contribution >= 4 is 17.4 Å². The molecule has 114 valence electrons. The van der Waals surface area contributed by atoms with Crippen LogP contribution in [0.5, 0.6) is 0 Å². The lowest BCUT2D eigenvalue weighted by atomic mass is 10.2. The lowest BCUT2D eigenvalue weighted by molar-refractivity contribution is -0.0328. The minimum absolute atomic E-state index is 0.0922. The first-order valence-electron chi connectivity index (χ1n) is 6.63. The molecule has 7 heteroatoms. The van der Waals surface area contributed by atoms with Crippen LogP contribution in [0.25, 0.3) is 0 Å². The van der Waals surface area contributed by atoms with Crippen LogP contribution in [0, 0.1) is 11.3 Å². The number of anilines is 1. The number of nitriles is 1. The zero-order valence-corrected chi connectivity index (χ0v) is 12.4. The molecule has 1 unspecified atom stereocenters. The third-order valence-electron chi connectivity index (χ3n) is 3.47. The molecule has 1 aliphatic rings. The number of alkyl halides is 3. The number of halogens is 3.